The van der Waals surface area contributed by atoms with E-state index < -0.39 is 5.82 Å². The van der Waals surface area contributed by atoms with E-state index in [2.05, 4.69) is 10.6 Å². The van der Waals surface area contributed by atoms with Crippen LogP contribution in [0.15, 0.2) is 18.2 Å². The summed E-state index contributed by atoms with van der Waals surface area (Å²) in [7, 11) is 1.70. The van der Waals surface area contributed by atoms with E-state index in [0.717, 1.165) is 0 Å². The van der Waals surface area contributed by atoms with E-state index in [0.29, 0.717) is 12.2 Å². The lowest BCUT2D eigenvalue weighted by molar-refractivity contribution is -0.120. The smallest absolute Gasteiger partial charge is 0.234 e. The Bertz CT molecular complexity index is 410. The van der Waals surface area contributed by atoms with Crippen molar-refractivity contribution < 1.29 is 13.9 Å². The Kier molecular flexibility index (Phi) is 5.58. The first-order valence-corrected chi connectivity index (χ1v) is 5.94. The van der Waals surface area contributed by atoms with Gasteiger partial charge < -0.3 is 15.4 Å². The SMILES string of the molecule is CCOc1ccc(C(C)NC(=O)CNC)cc1F. The number of likely N-dealkylation sites (N-methyl/N-ethyl adjacent to an activating group) is 1. The van der Waals surface area contributed by atoms with Crippen LogP contribution >= 0.6 is 0 Å². The molecule has 4 nitrogen and oxygen atoms in total. The normalized spacial score (nSPS) is 12.0. The van der Waals surface area contributed by atoms with Crippen LogP contribution in [0, 0.1) is 5.82 Å². The average Bonchev–Trinajstić information content (AvgIpc) is 2.32. The molecule has 1 aromatic carbocycles. The molecule has 0 fully saturated rings. The van der Waals surface area contributed by atoms with Crippen LogP contribution in [0.1, 0.15) is 25.5 Å². The summed E-state index contributed by atoms with van der Waals surface area (Å²) < 4.78 is 18.8. The van der Waals surface area contributed by atoms with Crippen LogP contribution in [-0.4, -0.2) is 26.1 Å². The Morgan fingerprint density at radius 3 is 2.78 bits per heavy atom. The first-order valence-electron chi connectivity index (χ1n) is 5.94. The van der Waals surface area contributed by atoms with E-state index in [1.807, 2.05) is 6.92 Å². The Hall–Kier alpha value is -1.62. The second kappa shape index (κ2) is 6.96. The summed E-state index contributed by atoms with van der Waals surface area (Å²) in [5.74, 6) is -0.307. The van der Waals surface area contributed by atoms with Crippen molar-refractivity contribution in [1.29, 1.82) is 0 Å². The standard InChI is InChI=1S/C13H19FN2O2/c1-4-18-12-6-5-10(7-11(12)14)9(2)16-13(17)8-15-3/h5-7,9,15H,4,8H2,1-3H3,(H,16,17). The fourth-order valence-corrected chi connectivity index (χ4v) is 1.60. The molecule has 0 radical (unpaired) electrons. The highest BCUT2D eigenvalue weighted by molar-refractivity contribution is 5.78. The van der Waals surface area contributed by atoms with Crippen LogP contribution in [0.4, 0.5) is 4.39 Å². The lowest BCUT2D eigenvalue weighted by atomic mass is 10.1. The molecule has 0 aliphatic heterocycles. The van der Waals surface area contributed by atoms with Crippen molar-refractivity contribution in [1.82, 2.24) is 10.6 Å². The molecular weight excluding hydrogens is 235 g/mol. The summed E-state index contributed by atoms with van der Waals surface area (Å²) in [4.78, 5) is 11.4. The van der Waals surface area contributed by atoms with Crippen molar-refractivity contribution in [2.45, 2.75) is 19.9 Å². The third kappa shape index (κ3) is 4.00. The van der Waals surface area contributed by atoms with E-state index in [9.17, 15) is 9.18 Å². The zero-order valence-electron chi connectivity index (χ0n) is 10.9. The minimum Gasteiger partial charge on any atom is -0.491 e. The topological polar surface area (TPSA) is 50.4 Å². The van der Waals surface area contributed by atoms with Gasteiger partial charge in [-0.3, -0.25) is 4.79 Å². The van der Waals surface area contributed by atoms with Crippen molar-refractivity contribution in [3.63, 3.8) is 0 Å². The van der Waals surface area contributed by atoms with Gasteiger partial charge in [-0.2, -0.15) is 0 Å². The first-order chi connectivity index (χ1) is 8.58. The van der Waals surface area contributed by atoms with E-state index >= 15 is 0 Å². The highest BCUT2D eigenvalue weighted by Gasteiger charge is 2.11. The van der Waals surface area contributed by atoms with Gasteiger partial charge in [-0.05, 0) is 38.6 Å². The van der Waals surface area contributed by atoms with Crippen molar-refractivity contribution in [3.05, 3.63) is 29.6 Å². The molecule has 5 heteroatoms. The fourth-order valence-electron chi connectivity index (χ4n) is 1.60. The molecule has 0 aromatic heterocycles. The molecule has 0 saturated heterocycles. The number of nitrogens with one attached hydrogen (secondary N) is 2. The summed E-state index contributed by atoms with van der Waals surface area (Å²) in [6, 6.07) is 4.47. The number of hydrogen-bond donors (Lipinski definition) is 2. The Labute approximate surface area is 107 Å². The largest absolute Gasteiger partial charge is 0.491 e. The monoisotopic (exact) mass is 254 g/mol. The van der Waals surface area contributed by atoms with E-state index in [1.165, 1.54) is 6.07 Å². The highest BCUT2D eigenvalue weighted by atomic mass is 19.1. The molecule has 0 spiro atoms. The molecule has 1 unspecified atom stereocenters. The van der Waals surface area contributed by atoms with Crippen LogP contribution in [0.25, 0.3) is 0 Å². The van der Waals surface area contributed by atoms with Gasteiger partial charge in [0, 0.05) is 0 Å². The van der Waals surface area contributed by atoms with Crippen LogP contribution in [0.3, 0.4) is 0 Å². The molecule has 1 amide bonds. The van der Waals surface area contributed by atoms with Gasteiger partial charge in [-0.15, -0.1) is 0 Å². The molecule has 1 aromatic rings. The van der Waals surface area contributed by atoms with Gasteiger partial charge in [0.25, 0.3) is 0 Å². The number of carbonyl (C=O) groups is 1. The third-order valence-electron chi connectivity index (χ3n) is 2.47. The molecule has 100 valence electrons. The third-order valence-corrected chi connectivity index (χ3v) is 2.47. The Morgan fingerprint density at radius 2 is 2.22 bits per heavy atom. The number of amides is 1. The molecule has 0 heterocycles. The number of benzene rings is 1. The number of rotatable bonds is 6. The summed E-state index contributed by atoms with van der Waals surface area (Å²) in [6.07, 6.45) is 0. The van der Waals surface area contributed by atoms with Crippen molar-refractivity contribution >= 4 is 5.91 Å². The second-order valence-corrected chi connectivity index (χ2v) is 3.94. The number of hydrogen-bond acceptors (Lipinski definition) is 3. The fraction of sp³-hybridized carbons (Fsp3) is 0.462. The van der Waals surface area contributed by atoms with Gasteiger partial charge in [0.2, 0.25) is 5.91 Å². The van der Waals surface area contributed by atoms with Gasteiger partial charge in [0.05, 0.1) is 19.2 Å². The quantitative estimate of drug-likeness (QED) is 0.811. The molecule has 0 saturated carbocycles. The minimum absolute atomic E-state index is 0.126. The van der Waals surface area contributed by atoms with Crippen LogP contribution in [-0.2, 0) is 4.79 Å². The molecule has 18 heavy (non-hydrogen) atoms. The molecule has 0 bridgehead atoms. The maximum absolute atomic E-state index is 13.6. The summed E-state index contributed by atoms with van der Waals surface area (Å²) in [6.45, 7) is 4.27. The highest BCUT2D eigenvalue weighted by Crippen LogP contribution is 2.21. The Balaban J connectivity index is 2.71. The average molecular weight is 254 g/mol. The van der Waals surface area contributed by atoms with E-state index in [4.69, 9.17) is 4.74 Å². The molecule has 0 aliphatic rings. The maximum Gasteiger partial charge on any atom is 0.234 e. The van der Waals surface area contributed by atoms with Crippen molar-refractivity contribution in [3.8, 4) is 5.75 Å². The summed E-state index contributed by atoms with van der Waals surface area (Å²) >= 11 is 0. The number of halogens is 1. The summed E-state index contributed by atoms with van der Waals surface area (Å²) in [5, 5.41) is 5.52. The van der Waals surface area contributed by atoms with E-state index in [1.54, 1.807) is 26.1 Å². The minimum atomic E-state index is -0.413. The molecule has 1 atom stereocenters. The predicted octanol–water partition coefficient (Wildman–Crippen LogP) is 1.62. The first kappa shape index (κ1) is 14.4. The van der Waals surface area contributed by atoms with Gasteiger partial charge in [0.15, 0.2) is 11.6 Å². The second-order valence-electron chi connectivity index (χ2n) is 3.94. The Morgan fingerprint density at radius 1 is 1.50 bits per heavy atom. The molecular formula is C13H19FN2O2. The van der Waals surface area contributed by atoms with Crippen LogP contribution in [0.5, 0.6) is 5.75 Å². The lowest BCUT2D eigenvalue weighted by Crippen LogP contribution is -2.33. The van der Waals surface area contributed by atoms with Gasteiger partial charge in [-0.1, -0.05) is 6.07 Å². The van der Waals surface area contributed by atoms with Gasteiger partial charge in [0.1, 0.15) is 0 Å². The van der Waals surface area contributed by atoms with Gasteiger partial charge in [-0.25, -0.2) is 4.39 Å². The van der Waals surface area contributed by atoms with Crippen LogP contribution in [0.2, 0.25) is 0 Å². The van der Waals surface area contributed by atoms with Crippen LogP contribution < -0.4 is 15.4 Å². The van der Waals surface area contributed by atoms with E-state index in [-0.39, 0.29) is 24.2 Å². The van der Waals surface area contributed by atoms with Crippen molar-refractivity contribution in [2.24, 2.45) is 0 Å². The van der Waals surface area contributed by atoms with Crippen molar-refractivity contribution in [2.75, 3.05) is 20.2 Å². The number of ether oxygens (including phenoxy) is 1. The number of carbonyl (C=O) groups excluding carboxylic acids is 1. The maximum atomic E-state index is 13.6. The summed E-state index contributed by atoms with van der Waals surface area (Å²) in [5.41, 5.74) is 0.709. The lowest BCUT2D eigenvalue weighted by Gasteiger charge is -2.15. The predicted molar refractivity (Wildman–Crippen MR) is 68.1 cm³/mol. The molecule has 1 rings (SSSR count). The molecule has 2 N–H and O–H groups in total. The zero-order valence-corrected chi connectivity index (χ0v) is 10.9. The van der Waals surface area contributed by atoms with Gasteiger partial charge >= 0.3 is 0 Å². The molecule has 0 aliphatic carbocycles. The zero-order chi connectivity index (χ0) is 13.5.